The van der Waals surface area contributed by atoms with Gasteiger partial charge in [0.15, 0.2) is 0 Å². The predicted octanol–water partition coefficient (Wildman–Crippen LogP) is 5.59. The van der Waals surface area contributed by atoms with E-state index in [1.54, 1.807) is 0 Å². The molecule has 0 radical (unpaired) electrons. The van der Waals surface area contributed by atoms with Crippen molar-refractivity contribution in [2.75, 3.05) is 12.4 Å². The maximum atomic E-state index is 6.32. The van der Waals surface area contributed by atoms with Crippen molar-refractivity contribution in [3.8, 4) is 11.6 Å². The highest BCUT2D eigenvalue weighted by molar-refractivity contribution is 7.99. The summed E-state index contributed by atoms with van der Waals surface area (Å²) in [5.41, 5.74) is 8.22. The van der Waals surface area contributed by atoms with Crippen LogP contribution >= 0.6 is 11.8 Å². The molecule has 0 unspecified atom stereocenters. The van der Waals surface area contributed by atoms with E-state index in [9.17, 15) is 0 Å². The lowest BCUT2D eigenvalue weighted by Gasteiger charge is -2.36. The first-order valence-electron chi connectivity index (χ1n) is 10.4. The van der Waals surface area contributed by atoms with Gasteiger partial charge in [-0.05, 0) is 50.1 Å². The zero-order valence-corrected chi connectivity index (χ0v) is 18.2. The fourth-order valence-corrected chi connectivity index (χ4v) is 5.99. The topological polar surface area (TPSA) is 39.9 Å². The molecule has 0 spiro atoms. The van der Waals surface area contributed by atoms with Crippen LogP contribution in [0.1, 0.15) is 33.9 Å². The second-order valence-corrected chi connectivity index (χ2v) is 9.45. The van der Waals surface area contributed by atoms with Gasteiger partial charge in [-0.3, -0.25) is 0 Å². The maximum Gasteiger partial charge on any atom is 0.220 e. The van der Waals surface area contributed by atoms with Crippen molar-refractivity contribution >= 4 is 22.7 Å². The van der Waals surface area contributed by atoms with E-state index in [1.807, 2.05) is 16.4 Å². The molecule has 0 saturated heterocycles. The van der Waals surface area contributed by atoms with E-state index in [4.69, 9.17) is 14.8 Å². The van der Waals surface area contributed by atoms with Crippen LogP contribution in [0.5, 0.6) is 5.88 Å². The Morgan fingerprint density at radius 1 is 1.07 bits per heavy atom. The Hall–Kier alpha value is -2.79. The standard InChI is InChI=1S/C25H23N3OS/c1-14-7-9-19(10-8-14)28-25-21(16(3)27-28)22-18(12-29-25)13-30-24-20(22)11-17-6-4-5-15(2)23(17)26-24/h4-11,18,22H,12-13H2,1-3H3/t18-,22-/m1/s1. The highest BCUT2D eigenvalue weighted by atomic mass is 32.2. The molecule has 2 aromatic carbocycles. The first-order valence-corrected chi connectivity index (χ1v) is 11.4. The molecule has 6 rings (SSSR count). The van der Waals surface area contributed by atoms with Gasteiger partial charge >= 0.3 is 0 Å². The molecule has 0 N–H and O–H groups in total. The summed E-state index contributed by atoms with van der Waals surface area (Å²) in [6.45, 7) is 7.06. The van der Waals surface area contributed by atoms with Crippen LogP contribution in [0, 0.1) is 26.7 Å². The van der Waals surface area contributed by atoms with Gasteiger partial charge in [0.25, 0.3) is 0 Å². The molecule has 4 nitrogen and oxygen atoms in total. The van der Waals surface area contributed by atoms with E-state index in [2.05, 4.69) is 69.3 Å². The van der Waals surface area contributed by atoms with Crippen LogP contribution in [0.3, 0.4) is 0 Å². The smallest absolute Gasteiger partial charge is 0.220 e. The van der Waals surface area contributed by atoms with Gasteiger partial charge in [-0.2, -0.15) is 5.10 Å². The van der Waals surface area contributed by atoms with Crippen molar-refractivity contribution in [1.29, 1.82) is 0 Å². The molecule has 0 fully saturated rings. The lowest BCUT2D eigenvalue weighted by atomic mass is 9.80. The van der Waals surface area contributed by atoms with Crippen molar-refractivity contribution < 1.29 is 4.74 Å². The molecule has 0 saturated carbocycles. The van der Waals surface area contributed by atoms with Crippen LogP contribution in [0.15, 0.2) is 53.6 Å². The van der Waals surface area contributed by atoms with Crippen molar-refractivity contribution in [3.63, 3.8) is 0 Å². The SMILES string of the molecule is Cc1ccc(-n2nc(C)c3c2OC[C@@H]2CSc4nc5c(C)cccc5cc4[C@H]32)cc1. The summed E-state index contributed by atoms with van der Waals surface area (Å²) in [6, 6.07) is 17.2. The number of para-hydroxylation sites is 1. The van der Waals surface area contributed by atoms with Crippen molar-refractivity contribution in [2.24, 2.45) is 5.92 Å². The average molecular weight is 414 g/mol. The van der Waals surface area contributed by atoms with Crippen LogP contribution in [0.4, 0.5) is 0 Å². The molecule has 0 bridgehead atoms. The summed E-state index contributed by atoms with van der Waals surface area (Å²) in [5.74, 6) is 2.63. The molecule has 2 aliphatic heterocycles. The van der Waals surface area contributed by atoms with Gasteiger partial charge in [0.1, 0.15) is 5.03 Å². The van der Waals surface area contributed by atoms with E-state index in [0.29, 0.717) is 12.5 Å². The second-order valence-electron chi connectivity index (χ2n) is 8.44. The van der Waals surface area contributed by atoms with E-state index in [1.165, 1.54) is 27.6 Å². The lowest BCUT2D eigenvalue weighted by molar-refractivity contribution is 0.205. The molecule has 5 heteroatoms. The van der Waals surface area contributed by atoms with E-state index in [-0.39, 0.29) is 5.92 Å². The Bertz CT molecular complexity index is 1290. The second kappa shape index (κ2) is 6.61. The molecule has 4 aromatic rings. The average Bonchev–Trinajstić information content (AvgIpc) is 3.10. The summed E-state index contributed by atoms with van der Waals surface area (Å²) in [7, 11) is 0. The Labute approximate surface area is 180 Å². The zero-order chi connectivity index (χ0) is 20.4. The molecule has 0 aliphatic carbocycles. The number of pyridine rings is 1. The summed E-state index contributed by atoms with van der Waals surface area (Å²) in [6.07, 6.45) is 0. The van der Waals surface area contributed by atoms with Gasteiger partial charge in [-0.1, -0.05) is 35.9 Å². The quantitative estimate of drug-likeness (QED) is 0.408. The van der Waals surface area contributed by atoms with Crippen LogP contribution in [0.2, 0.25) is 0 Å². The molecular weight excluding hydrogens is 390 g/mol. The summed E-state index contributed by atoms with van der Waals surface area (Å²) in [4.78, 5) is 5.08. The van der Waals surface area contributed by atoms with Crippen LogP contribution < -0.4 is 4.74 Å². The van der Waals surface area contributed by atoms with Crippen molar-refractivity contribution in [3.05, 3.63) is 76.5 Å². The highest BCUT2D eigenvalue weighted by Crippen LogP contribution is 2.51. The molecule has 2 atom stereocenters. The highest BCUT2D eigenvalue weighted by Gasteiger charge is 2.41. The number of hydrogen-bond acceptors (Lipinski definition) is 4. The first kappa shape index (κ1) is 18.0. The molecular formula is C25H23N3OS. The normalized spacial score (nSPS) is 19.7. The summed E-state index contributed by atoms with van der Waals surface area (Å²) >= 11 is 1.86. The van der Waals surface area contributed by atoms with Gasteiger partial charge in [0.2, 0.25) is 5.88 Å². The molecule has 0 amide bonds. The number of nitrogens with zero attached hydrogens (tertiary/aromatic N) is 3. The lowest BCUT2D eigenvalue weighted by Crippen LogP contribution is -2.32. The number of fused-ring (bicyclic) bond motifs is 6. The predicted molar refractivity (Wildman–Crippen MR) is 121 cm³/mol. The number of hydrogen-bond donors (Lipinski definition) is 0. The number of aromatic nitrogens is 3. The van der Waals surface area contributed by atoms with Crippen molar-refractivity contribution in [2.45, 2.75) is 31.7 Å². The number of thioether (sulfide) groups is 1. The Morgan fingerprint density at radius 2 is 1.90 bits per heavy atom. The largest absolute Gasteiger partial charge is 0.477 e. The Morgan fingerprint density at radius 3 is 2.73 bits per heavy atom. The van der Waals surface area contributed by atoms with Crippen LogP contribution in [-0.2, 0) is 0 Å². The van der Waals surface area contributed by atoms with E-state index < -0.39 is 0 Å². The van der Waals surface area contributed by atoms with E-state index >= 15 is 0 Å². The van der Waals surface area contributed by atoms with Crippen LogP contribution in [0.25, 0.3) is 16.6 Å². The summed E-state index contributed by atoms with van der Waals surface area (Å²) < 4.78 is 8.29. The fourth-order valence-electron chi connectivity index (χ4n) is 4.82. The van der Waals surface area contributed by atoms with Gasteiger partial charge < -0.3 is 4.74 Å². The van der Waals surface area contributed by atoms with Crippen molar-refractivity contribution in [1.82, 2.24) is 14.8 Å². The van der Waals surface area contributed by atoms with E-state index in [0.717, 1.165) is 33.6 Å². The minimum atomic E-state index is 0.279. The number of benzene rings is 2. The third kappa shape index (κ3) is 2.61. The third-order valence-electron chi connectivity index (χ3n) is 6.37. The first-order chi connectivity index (χ1) is 14.6. The monoisotopic (exact) mass is 413 g/mol. The van der Waals surface area contributed by atoms with Gasteiger partial charge in [-0.25, -0.2) is 9.67 Å². The van der Waals surface area contributed by atoms with Crippen LogP contribution in [-0.4, -0.2) is 27.1 Å². The molecule has 2 aliphatic rings. The molecule has 4 heterocycles. The fraction of sp³-hybridized carbons (Fsp3) is 0.280. The van der Waals surface area contributed by atoms with Gasteiger partial charge in [-0.15, -0.1) is 11.8 Å². The minimum Gasteiger partial charge on any atom is -0.477 e. The maximum absolute atomic E-state index is 6.32. The number of rotatable bonds is 1. The Balaban J connectivity index is 1.55. The number of ether oxygens (including phenoxy) is 1. The van der Waals surface area contributed by atoms with Gasteiger partial charge in [0.05, 0.1) is 23.5 Å². The Kier molecular flexibility index (Phi) is 3.97. The zero-order valence-electron chi connectivity index (χ0n) is 17.3. The molecule has 150 valence electrons. The molecule has 2 aromatic heterocycles. The number of aryl methyl sites for hydroxylation is 3. The minimum absolute atomic E-state index is 0.279. The summed E-state index contributed by atoms with van der Waals surface area (Å²) in [5, 5.41) is 7.27. The third-order valence-corrected chi connectivity index (χ3v) is 7.56. The molecule has 30 heavy (non-hydrogen) atoms. The van der Waals surface area contributed by atoms with Gasteiger partial charge in [0, 0.05) is 28.5 Å².